The van der Waals surface area contributed by atoms with Gasteiger partial charge in [0, 0.05) is 18.0 Å². The third-order valence-electron chi connectivity index (χ3n) is 3.18. The van der Waals surface area contributed by atoms with E-state index in [2.05, 4.69) is 28.1 Å². The molecule has 1 aliphatic rings. The molecule has 0 aliphatic carbocycles. The molecule has 0 spiro atoms. The first-order valence-corrected chi connectivity index (χ1v) is 7.44. The second-order valence-electron chi connectivity index (χ2n) is 4.76. The summed E-state index contributed by atoms with van der Waals surface area (Å²) in [5.41, 5.74) is 1.88. The van der Waals surface area contributed by atoms with E-state index in [-0.39, 0.29) is 5.91 Å². The summed E-state index contributed by atoms with van der Waals surface area (Å²) in [6.45, 7) is 3.36. The SMILES string of the molecule is CC1Oc2ccc(CNCc3cccs3)cc2NC1=O. The molecule has 20 heavy (non-hydrogen) atoms. The average molecular weight is 288 g/mol. The van der Waals surface area contributed by atoms with Crippen molar-refractivity contribution in [3.05, 3.63) is 46.2 Å². The number of nitrogens with one attached hydrogen (secondary N) is 2. The smallest absolute Gasteiger partial charge is 0.265 e. The molecule has 1 unspecified atom stereocenters. The fraction of sp³-hybridized carbons (Fsp3) is 0.267. The average Bonchev–Trinajstić information content (AvgIpc) is 2.93. The Morgan fingerprint density at radius 2 is 2.25 bits per heavy atom. The number of anilines is 1. The number of ether oxygens (including phenoxy) is 1. The fourth-order valence-corrected chi connectivity index (χ4v) is 2.78. The predicted molar refractivity (Wildman–Crippen MR) is 80.0 cm³/mol. The van der Waals surface area contributed by atoms with Crippen LogP contribution in [-0.4, -0.2) is 12.0 Å². The van der Waals surface area contributed by atoms with Gasteiger partial charge < -0.3 is 15.4 Å². The van der Waals surface area contributed by atoms with Gasteiger partial charge in [-0.05, 0) is 36.1 Å². The summed E-state index contributed by atoms with van der Waals surface area (Å²) < 4.78 is 5.53. The lowest BCUT2D eigenvalue weighted by atomic mass is 10.1. The van der Waals surface area contributed by atoms with Crippen LogP contribution >= 0.6 is 11.3 Å². The number of carbonyl (C=O) groups is 1. The molecule has 4 nitrogen and oxygen atoms in total. The highest BCUT2D eigenvalue weighted by atomic mass is 32.1. The third-order valence-corrected chi connectivity index (χ3v) is 4.06. The second-order valence-corrected chi connectivity index (χ2v) is 5.80. The molecule has 2 N–H and O–H groups in total. The van der Waals surface area contributed by atoms with Crippen LogP contribution in [0.2, 0.25) is 0 Å². The lowest BCUT2D eigenvalue weighted by Gasteiger charge is -2.23. The third kappa shape index (κ3) is 2.84. The van der Waals surface area contributed by atoms with Gasteiger partial charge in [-0.15, -0.1) is 11.3 Å². The first-order valence-electron chi connectivity index (χ1n) is 6.56. The molecule has 0 saturated carbocycles. The van der Waals surface area contributed by atoms with Crippen LogP contribution < -0.4 is 15.4 Å². The molecule has 1 aliphatic heterocycles. The minimum absolute atomic E-state index is 0.0961. The summed E-state index contributed by atoms with van der Waals surface area (Å²) >= 11 is 1.74. The van der Waals surface area contributed by atoms with Gasteiger partial charge >= 0.3 is 0 Å². The van der Waals surface area contributed by atoms with Gasteiger partial charge in [0.05, 0.1) is 5.69 Å². The van der Waals surface area contributed by atoms with Crippen molar-refractivity contribution < 1.29 is 9.53 Å². The Kier molecular flexibility index (Phi) is 3.71. The van der Waals surface area contributed by atoms with Crippen LogP contribution in [0.15, 0.2) is 35.7 Å². The van der Waals surface area contributed by atoms with Crippen LogP contribution in [0.1, 0.15) is 17.4 Å². The van der Waals surface area contributed by atoms with Gasteiger partial charge in [0.1, 0.15) is 5.75 Å². The van der Waals surface area contributed by atoms with Crippen molar-refractivity contribution in [3.63, 3.8) is 0 Å². The first-order chi connectivity index (χ1) is 9.72. The Morgan fingerprint density at radius 1 is 1.35 bits per heavy atom. The minimum atomic E-state index is -0.426. The molecule has 5 heteroatoms. The molecule has 0 radical (unpaired) electrons. The highest BCUT2D eigenvalue weighted by Gasteiger charge is 2.23. The number of rotatable bonds is 4. The molecular weight excluding hydrogens is 272 g/mol. The van der Waals surface area contributed by atoms with Crippen molar-refractivity contribution in [2.75, 3.05) is 5.32 Å². The van der Waals surface area contributed by atoms with Crippen molar-refractivity contribution in [1.82, 2.24) is 5.32 Å². The maximum absolute atomic E-state index is 11.6. The second kappa shape index (κ2) is 5.64. The number of thiophene rings is 1. The molecule has 1 aromatic carbocycles. The zero-order chi connectivity index (χ0) is 13.9. The molecule has 104 valence electrons. The molecule has 0 fully saturated rings. The van der Waals surface area contributed by atoms with Crippen molar-refractivity contribution in [1.29, 1.82) is 0 Å². The van der Waals surface area contributed by atoms with Crippen molar-refractivity contribution in [2.24, 2.45) is 0 Å². The van der Waals surface area contributed by atoms with Crippen molar-refractivity contribution in [2.45, 2.75) is 26.1 Å². The minimum Gasteiger partial charge on any atom is -0.479 e. The van der Waals surface area contributed by atoms with E-state index in [0.717, 1.165) is 30.1 Å². The highest BCUT2D eigenvalue weighted by molar-refractivity contribution is 7.09. The molecule has 2 aromatic rings. The van der Waals surface area contributed by atoms with Crippen LogP contribution in [0.3, 0.4) is 0 Å². The van der Waals surface area contributed by atoms with Gasteiger partial charge in [0.2, 0.25) is 0 Å². The standard InChI is InChI=1S/C15H16N2O2S/c1-10-15(18)17-13-7-11(4-5-14(13)19-10)8-16-9-12-3-2-6-20-12/h2-7,10,16H,8-9H2,1H3,(H,17,18). The maximum Gasteiger partial charge on any atom is 0.265 e. The van der Waals surface area contributed by atoms with Gasteiger partial charge in [0.15, 0.2) is 6.10 Å². The van der Waals surface area contributed by atoms with Gasteiger partial charge in [-0.3, -0.25) is 4.79 Å². The Balaban J connectivity index is 1.63. The van der Waals surface area contributed by atoms with E-state index >= 15 is 0 Å². The zero-order valence-electron chi connectivity index (χ0n) is 11.2. The zero-order valence-corrected chi connectivity index (χ0v) is 12.0. The largest absolute Gasteiger partial charge is 0.479 e. The predicted octanol–water partition coefficient (Wildman–Crippen LogP) is 2.76. The monoisotopic (exact) mass is 288 g/mol. The number of benzene rings is 1. The number of hydrogen-bond donors (Lipinski definition) is 2. The van der Waals surface area contributed by atoms with Gasteiger partial charge in [-0.1, -0.05) is 12.1 Å². The number of fused-ring (bicyclic) bond motifs is 1. The summed E-state index contributed by atoms with van der Waals surface area (Å²) in [4.78, 5) is 12.9. The molecule has 1 amide bonds. The summed E-state index contributed by atoms with van der Waals surface area (Å²) in [5.74, 6) is 0.639. The van der Waals surface area contributed by atoms with Crippen LogP contribution in [0.25, 0.3) is 0 Å². The quantitative estimate of drug-likeness (QED) is 0.909. The lowest BCUT2D eigenvalue weighted by Crippen LogP contribution is -2.34. The van der Waals surface area contributed by atoms with Crippen LogP contribution in [0.5, 0.6) is 5.75 Å². The summed E-state index contributed by atoms with van der Waals surface area (Å²) in [7, 11) is 0. The fourth-order valence-electron chi connectivity index (χ4n) is 2.11. The van der Waals surface area contributed by atoms with Crippen LogP contribution in [0.4, 0.5) is 5.69 Å². The molecular formula is C15H16N2O2S. The molecule has 2 heterocycles. The van der Waals surface area contributed by atoms with Crippen LogP contribution in [-0.2, 0) is 17.9 Å². The van der Waals surface area contributed by atoms with Gasteiger partial charge in [-0.2, -0.15) is 0 Å². The molecule has 1 atom stereocenters. The number of hydrogen-bond acceptors (Lipinski definition) is 4. The van der Waals surface area contributed by atoms with E-state index in [4.69, 9.17) is 4.74 Å². The Morgan fingerprint density at radius 3 is 3.05 bits per heavy atom. The normalized spacial score (nSPS) is 17.2. The molecule has 3 rings (SSSR count). The molecule has 0 saturated heterocycles. The van der Waals surface area contributed by atoms with Gasteiger partial charge in [-0.25, -0.2) is 0 Å². The van der Waals surface area contributed by atoms with Crippen molar-refractivity contribution >= 4 is 22.9 Å². The Labute approximate surface area is 121 Å². The summed E-state index contributed by atoms with van der Waals surface area (Å²) in [6, 6.07) is 10.0. The molecule has 1 aromatic heterocycles. The Bertz CT molecular complexity index is 610. The number of carbonyl (C=O) groups excluding carboxylic acids is 1. The van der Waals surface area contributed by atoms with E-state index in [9.17, 15) is 4.79 Å². The van der Waals surface area contributed by atoms with Gasteiger partial charge in [0.25, 0.3) is 5.91 Å². The van der Waals surface area contributed by atoms with E-state index in [0.29, 0.717) is 0 Å². The molecule has 0 bridgehead atoms. The highest BCUT2D eigenvalue weighted by Crippen LogP contribution is 2.30. The topological polar surface area (TPSA) is 50.4 Å². The maximum atomic E-state index is 11.6. The number of amides is 1. The van der Waals surface area contributed by atoms with E-state index < -0.39 is 6.10 Å². The first kappa shape index (κ1) is 13.1. The van der Waals surface area contributed by atoms with E-state index in [1.54, 1.807) is 18.3 Å². The van der Waals surface area contributed by atoms with E-state index in [1.165, 1.54) is 4.88 Å². The Hall–Kier alpha value is -1.85. The summed E-state index contributed by atoms with van der Waals surface area (Å²) in [6.07, 6.45) is -0.426. The summed E-state index contributed by atoms with van der Waals surface area (Å²) in [5, 5.41) is 8.33. The lowest BCUT2D eigenvalue weighted by molar-refractivity contribution is -0.122. The van der Waals surface area contributed by atoms with Crippen LogP contribution in [0, 0.1) is 0 Å². The van der Waals surface area contributed by atoms with Crippen molar-refractivity contribution in [3.8, 4) is 5.75 Å². The van der Waals surface area contributed by atoms with E-state index in [1.807, 2.05) is 18.2 Å².